The number of hydrogen-bond donors (Lipinski definition) is 0. The van der Waals surface area contributed by atoms with Crippen LogP contribution in [0.25, 0.3) is 0 Å². The van der Waals surface area contributed by atoms with Crippen LogP contribution in [0, 0.1) is 0 Å². The van der Waals surface area contributed by atoms with Gasteiger partial charge in [0.25, 0.3) is 0 Å². The Hall–Kier alpha value is -2.04. The summed E-state index contributed by atoms with van der Waals surface area (Å²) in [5, 5.41) is 0. The highest BCUT2D eigenvalue weighted by molar-refractivity contribution is 7.15. The Morgan fingerprint density at radius 2 is 1.10 bits per heavy atom. The lowest BCUT2D eigenvalue weighted by atomic mass is 9.96. The number of benzene rings is 1. The predicted molar refractivity (Wildman–Crippen MR) is 131 cm³/mol. The van der Waals surface area contributed by atoms with Gasteiger partial charge in [-0.05, 0) is 71.4 Å². The zero-order valence-electron chi connectivity index (χ0n) is 18.1. The van der Waals surface area contributed by atoms with Crippen LogP contribution in [-0.4, -0.2) is 23.5 Å². The lowest BCUT2D eigenvalue weighted by Crippen LogP contribution is -2.09. The van der Waals surface area contributed by atoms with Gasteiger partial charge in [-0.25, -0.2) is 0 Å². The fraction of sp³-hybridized carbons (Fsp3) is 0.360. The zero-order chi connectivity index (χ0) is 21.1. The average Bonchev–Trinajstić information content (AvgIpc) is 3.28. The number of thiophene rings is 2. The maximum absolute atomic E-state index is 4.67. The Kier molecular flexibility index (Phi) is 6.55. The van der Waals surface area contributed by atoms with Crippen molar-refractivity contribution in [1.29, 1.82) is 0 Å². The fourth-order valence-corrected chi connectivity index (χ4v) is 4.95. The molecule has 0 N–H and O–H groups in total. The van der Waals surface area contributed by atoms with Gasteiger partial charge in [-0.2, -0.15) is 0 Å². The first-order valence-electron chi connectivity index (χ1n) is 9.96. The molecule has 2 heterocycles. The molecule has 0 unspecified atom stereocenters. The van der Waals surface area contributed by atoms with Crippen molar-refractivity contribution in [2.75, 3.05) is 0 Å². The van der Waals surface area contributed by atoms with Crippen LogP contribution in [0.2, 0.25) is 0 Å². The van der Waals surface area contributed by atoms with E-state index in [-0.39, 0.29) is 17.0 Å². The van der Waals surface area contributed by atoms with Gasteiger partial charge in [0.1, 0.15) is 0 Å². The van der Waals surface area contributed by atoms with Crippen LogP contribution >= 0.6 is 22.7 Å². The van der Waals surface area contributed by atoms with Gasteiger partial charge in [0.05, 0.1) is 17.0 Å². The molecular formula is C25H30N2S2. The molecule has 0 atom stereocenters. The van der Waals surface area contributed by atoms with Gasteiger partial charge in [0.2, 0.25) is 0 Å². The van der Waals surface area contributed by atoms with E-state index < -0.39 is 0 Å². The fourth-order valence-electron chi connectivity index (χ4n) is 2.81. The lowest BCUT2D eigenvalue weighted by molar-refractivity contribution is 0.586. The molecule has 1 aromatic carbocycles. The molecule has 0 fully saturated rings. The number of aliphatic imine (C=N–C) groups is 2. The second-order valence-electron chi connectivity index (χ2n) is 9.18. The normalized spacial score (nSPS) is 14.1. The molecule has 0 aliphatic heterocycles. The molecule has 3 rings (SSSR count). The molecule has 0 spiro atoms. The van der Waals surface area contributed by atoms with Gasteiger partial charge in [-0.1, -0.05) is 30.3 Å². The minimum atomic E-state index is -0.0575. The van der Waals surface area contributed by atoms with Gasteiger partial charge in [-0.15, -0.1) is 22.7 Å². The van der Waals surface area contributed by atoms with E-state index in [2.05, 4.69) is 106 Å². The molecule has 29 heavy (non-hydrogen) atoms. The molecule has 0 amide bonds. The van der Waals surface area contributed by atoms with Crippen LogP contribution in [-0.2, 0) is 0 Å². The third-order valence-electron chi connectivity index (χ3n) is 4.16. The molecular weight excluding hydrogens is 392 g/mol. The van der Waals surface area contributed by atoms with Crippen molar-refractivity contribution in [1.82, 2.24) is 0 Å². The first kappa shape index (κ1) is 21.7. The summed E-state index contributed by atoms with van der Waals surface area (Å²) in [6, 6.07) is 19.6. The Morgan fingerprint density at radius 1 is 0.655 bits per heavy atom. The summed E-state index contributed by atoms with van der Waals surface area (Å²) in [5.41, 5.74) is 1.20. The largest absolute Gasteiger partial charge is 0.286 e. The van der Waals surface area contributed by atoms with E-state index in [1.807, 2.05) is 35.1 Å². The minimum absolute atomic E-state index is 0.0575. The Bertz CT molecular complexity index is 918. The predicted octanol–water partition coefficient (Wildman–Crippen LogP) is 7.42. The van der Waals surface area contributed by atoms with Crippen LogP contribution in [0.5, 0.6) is 0 Å². The van der Waals surface area contributed by atoms with Crippen molar-refractivity contribution >= 4 is 35.1 Å². The second-order valence-corrected chi connectivity index (χ2v) is 11.5. The van der Waals surface area contributed by atoms with Crippen molar-refractivity contribution in [3.8, 4) is 0 Å². The van der Waals surface area contributed by atoms with Crippen molar-refractivity contribution < 1.29 is 0 Å². The van der Waals surface area contributed by atoms with E-state index >= 15 is 0 Å². The van der Waals surface area contributed by atoms with Crippen LogP contribution < -0.4 is 0 Å². The molecule has 0 radical (unpaired) electrons. The molecule has 152 valence electrons. The molecule has 0 aliphatic rings. The van der Waals surface area contributed by atoms with Gasteiger partial charge in [0.15, 0.2) is 0 Å². The molecule has 3 aromatic rings. The van der Waals surface area contributed by atoms with Crippen LogP contribution in [0.1, 0.15) is 72.5 Å². The highest BCUT2D eigenvalue weighted by Crippen LogP contribution is 2.38. The number of hydrogen-bond acceptors (Lipinski definition) is 4. The van der Waals surface area contributed by atoms with E-state index in [0.29, 0.717) is 0 Å². The minimum Gasteiger partial charge on any atom is -0.286 e. The second kappa shape index (κ2) is 8.76. The first-order chi connectivity index (χ1) is 13.6. The maximum atomic E-state index is 4.67. The molecule has 0 saturated carbocycles. The molecule has 0 bridgehead atoms. The summed E-state index contributed by atoms with van der Waals surface area (Å²) < 4.78 is 0. The van der Waals surface area contributed by atoms with Crippen molar-refractivity contribution in [3.05, 3.63) is 79.7 Å². The summed E-state index contributed by atoms with van der Waals surface area (Å²) in [5.74, 6) is 0.236. The number of nitrogens with zero attached hydrogens (tertiary/aromatic N) is 2. The Balaban J connectivity index is 1.96. The monoisotopic (exact) mass is 422 g/mol. The highest BCUT2D eigenvalue weighted by Gasteiger charge is 2.20. The smallest absolute Gasteiger partial charge is 0.0528 e. The summed E-state index contributed by atoms with van der Waals surface area (Å²) in [4.78, 5) is 14.4. The van der Waals surface area contributed by atoms with Crippen LogP contribution in [0.3, 0.4) is 0 Å². The van der Waals surface area contributed by atoms with E-state index in [1.54, 1.807) is 0 Å². The van der Waals surface area contributed by atoms with E-state index in [1.165, 1.54) is 25.1 Å². The van der Waals surface area contributed by atoms with Gasteiger partial charge in [-0.3, -0.25) is 9.98 Å². The highest BCUT2D eigenvalue weighted by atomic mass is 32.1. The van der Waals surface area contributed by atoms with Crippen molar-refractivity contribution in [3.63, 3.8) is 0 Å². The SMILES string of the molecule is CC(C)(C)N=Cc1ccc(C(c2ccccc2)c2ccc(C=NC(C)(C)C)s2)s1. The molecule has 2 aromatic heterocycles. The Labute approximate surface area is 183 Å². The summed E-state index contributed by atoms with van der Waals surface area (Å²) in [7, 11) is 0. The number of rotatable bonds is 5. The summed E-state index contributed by atoms with van der Waals surface area (Å²) >= 11 is 3.64. The van der Waals surface area contributed by atoms with Gasteiger partial charge >= 0.3 is 0 Å². The lowest BCUT2D eigenvalue weighted by Gasteiger charge is -2.14. The van der Waals surface area contributed by atoms with E-state index in [4.69, 9.17) is 0 Å². The van der Waals surface area contributed by atoms with Crippen molar-refractivity contribution in [2.24, 2.45) is 9.98 Å². The maximum Gasteiger partial charge on any atom is 0.0528 e. The standard InChI is InChI=1S/C25H30N2S2/c1-24(2,3)26-16-19-12-14-21(28-19)23(18-10-8-7-9-11-18)22-15-13-20(29-22)17-27-25(4,5)6/h7-17,23H,1-6H3. The van der Waals surface area contributed by atoms with Crippen molar-refractivity contribution in [2.45, 2.75) is 58.5 Å². The summed E-state index contributed by atoms with van der Waals surface area (Å²) in [6.45, 7) is 12.7. The molecule has 2 nitrogen and oxygen atoms in total. The quantitative estimate of drug-likeness (QED) is 0.382. The molecule has 0 saturated heterocycles. The third-order valence-corrected chi connectivity index (χ3v) is 6.32. The van der Waals surface area contributed by atoms with Crippen LogP contribution in [0.4, 0.5) is 0 Å². The van der Waals surface area contributed by atoms with E-state index in [0.717, 1.165) is 0 Å². The Morgan fingerprint density at radius 3 is 1.52 bits per heavy atom. The third kappa shape index (κ3) is 6.48. The summed E-state index contributed by atoms with van der Waals surface area (Å²) in [6.07, 6.45) is 4.01. The molecule has 0 aliphatic carbocycles. The van der Waals surface area contributed by atoms with E-state index in [9.17, 15) is 0 Å². The van der Waals surface area contributed by atoms with Gasteiger partial charge in [0, 0.05) is 31.9 Å². The topological polar surface area (TPSA) is 24.7 Å². The average molecular weight is 423 g/mol. The first-order valence-corrected chi connectivity index (χ1v) is 11.6. The zero-order valence-corrected chi connectivity index (χ0v) is 19.8. The van der Waals surface area contributed by atoms with Gasteiger partial charge < -0.3 is 0 Å². The molecule has 4 heteroatoms. The van der Waals surface area contributed by atoms with Crippen LogP contribution in [0.15, 0.2) is 64.6 Å².